The highest BCUT2D eigenvalue weighted by Gasteiger charge is 2.33. The third-order valence-electron chi connectivity index (χ3n) is 3.83. The lowest BCUT2D eigenvalue weighted by Crippen LogP contribution is -2.47. The standard InChI is InChI=1S/C19H18BrN3O4S/c20-16-8-6-14(7-9-16)13-28(26,27)17(19(25)22-11-10-21)12-23-18(24)15-4-2-1-3-5-15/h1-9,17H,11-13H2,(H,22,25)(H,23,24). The monoisotopic (exact) mass is 463 g/mol. The predicted molar refractivity (Wildman–Crippen MR) is 108 cm³/mol. The molecule has 0 saturated carbocycles. The topological polar surface area (TPSA) is 116 Å². The Bertz CT molecular complexity index is 970. The van der Waals surface area contributed by atoms with Gasteiger partial charge in [-0.1, -0.05) is 46.3 Å². The summed E-state index contributed by atoms with van der Waals surface area (Å²) < 4.78 is 26.5. The van der Waals surface area contributed by atoms with E-state index in [9.17, 15) is 18.0 Å². The fourth-order valence-corrected chi connectivity index (χ4v) is 4.28. The van der Waals surface area contributed by atoms with Crippen molar-refractivity contribution in [3.8, 4) is 6.07 Å². The van der Waals surface area contributed by atoms with Crippen molar-refractivity contribution in [1.82, 2.24) is 10.6 Å². The number of carbonyl (C=O) groups excluding carboxylic acids is 2. The molecule has 2 aromatic rings. The normalized spacial score (nSPS) is 11.9. The number of sulfone groups is 1. The van der Waals surface area contributed by atoms with Crippen molar-refractivity contribution in [2.45, 2.75) is 11.0 Å². The molecule has 0 heterocycles. The average molecular weight is 464 g/mol. The van der Waals surface area contributed by atoms with E-state index in [-0.39, 0.29) is 12.3 Å². The van der Waals surface area contributed by atoms with Crippen molar-refractivity contribution < 1.29 is 18.0 Å². The van der Waals surface area contributed by atoms with Crippen molar-refractivity contribution in [3.05, 3.63) is 70.2 Å². The highest BCUT2D eigenvalue weighted by Crippen LogP contribution is 2.15. The lowest BCUT2D eigenvalue weighted by atomic mass is 10.2. The molecule has 0 saturated heterocycles. The molecule has 0 spiro atoms. The Kier molecular flexibility index (Phi) is 7.72. The lowest BCUT2D eigenvalue weighted by Gasteiger charge is -2.17. The smallest absolute Gasteiger partial charge is 0.251 e. The van der Waals surface area contributed by atoms with E-state index in [1.165, 1.54) is 0 Å². The van der Waals surface area contributed by atoms with Gasteiger partial charge in [-0.3, -0.25) is 9.59 Å². The van der Waals surface area contributed by atoms with Gasteiger partial charge in [0.15, 0.2) is 15.1 Å². The SMILES string of the molecule is N#CCNC(=O)C(CNC(=O)c1ccccc1)S(=O)(=O)Cc1ccc(Br)cc1. The van der Waals surface area contributed by atoms with Crippen LogP contribution in [0.1, 0.15) is 15.9 Å². The second kappa shape index (κ2) is 10.0. The van der Waals surface area contributed by atoms with Crippen LogP contribution in [0.5, 0.6) is 0 Å². The molecule has 7 nitrogen and oxygen atoms in total. The van der Waals surface area contributed by atoms with Gasteiger partial charge in [-0.2, -0.15) is 5.26 Å². The molecule has 2 N–H and O–H groups in total. The first-order valence-electron chi connectivity index (χ1n) is 8.27. The fraction of sp³-hybridized carbons (Fsp3) is 0.211. The molecule has 2 rings (SSSR count). The van der Waals surface area contributed by atoms with E-state index >= 15 is 0 Å². The molecule has 1 unspecified atom stereocenters. The largest absolute Gasteiger partial charge is 0.350 e. The first-order valence-corrected chi connectivity index (χ1v) is 10.8. The maximum absolute atomic E-state index is 12.8. The van der Waals surface area contributed by atoms with Gasteiger partial charge in [0.1, 0.15) is 6.54 Å². The third kappa shape index (κ3) is 6.18. The van der Waals surface area contributed by atoms with Gasteiger partial charge >= 0.3 is 0 Å². The van der Waals surface area contributed by atoms with Crippen LogP contribution in [0.2, 0.25) is 0 Å². The molecule has 0 aliphatic rings. The lowest BCUT2D eigenvalue weighted by molar-refractivity contribution is -0.120. The van der Waals surface area contributed by atoms with Gasteiger partial charge in [-0.05, 0) is 29.8 Å². The quantitative estimate of drug-likeness (QED) is 0.578. The van der Waals surface area contributed by atoms with E-state index in [0.29, 0.717) is 11.1 Å². The molecule has 2 aromatic carbocycles. The summed E-state index contributed by atoms with van der Waals surface area (Å²) in [6.07, 6.45) is 0. The number of nitrogens with one attached hydrogen (secondary N) is 2. The summed E-state index contributed by atoms with van der Waals surface area (Å²) in [5, 5.41) is 11.9. The van der Waals surface area contributed by atoms with Crippen molar-refractivity contribution in [1.29, 1.82) is 5.26 Å². The van der Waals surface area contributed by atoms with Crippen LogP contribution in [-0.2, 0) is 20.4 Å². The van der Waals surface area contributed by atoms with Gasteiger partial charge in [0.25, 0.3) is 5.91 Å². The molecule has 1 atom stereocenters. The van der Waals surface area contributed by atoms with E-state index in [0.717, 1.165) is 4.47 Å². The minimum atomic E-state index is -3.95. The summed E-state index contributed by atoms with van der Waals surface area (Å²) in [7, 11) is -3.95. The highest BCUT2D eigenvalue weighted by atomic mass is 79.9. The number of rotatable bonds is 8. The predicted octanol–water partition coefficient (Wildman–Crippen LogP) is 1.80. The number of nitriles is 1. The second-order valence-electron chi connectivity index (χ2n) is 5.87. The van der Waals surface area contributed by atoms with Gasteiger partial charge in [-0.15, -0.1) is 0 Å². The van der Waals surface area contributed by atoms with Gasteiger partial charge in [-0.25, -0.2) is 8.42 Å². The van der Waals surface area contributed by atoms with E-state index in [1.54, 1.807) is 60.7 Å². The average Bonchev–Trinajstić information content (AvgIpc) is 2.68. The molecular weight excluding hydrogens is 446 g/mol. The molecule has 0 fully saturated rings. The Morgan fingerprint density at radius 1 is 1.04 bits per heavy atom. The van der Waals surface area contributed by atoms with Crippen LogP contribution in [0.4, 0.5) is 0 Å². The molecular formula is C19H18BrN3O4S. The number of amides is 2. The Morgan fingerprint density at radius 3 is 2.29 bits per heavy atom. The maximum atomic E-state index is 12.8. The molecule has 0 radical (unpaired) electrons. The van der Waals surface area contributed by atoms with Crippen molar-refractivity contribution >= 4 is 37.6 Å². The zero-order chi connectivity index (χ0) is 20.6. The third-order valence-corrected chi connectivity index (χ3v) is 6.34. The van der Waals surface area contributed by atoms with Crippen LogP contribution in [0.3, 0.4) is 0 Å². The Hall–Kier alpha value is -2.70. The number of hydrogen-bond acceptors (Lipinski definition) is 5. The van der Waals surface area contributed by atoms with Crippen molar-refractivity contribution in [3.63, 3.8) is 0 Å². The summed E-state index contributed by atoms with van der Waals surface area (Å²) in [6, 6.07) is 16.7. The molecule has 2 amide bonds. The minimum Gasteiger partial charge on any atom is -0.350 e. The van der Waals surface area contributed by atoms with Crippen LogP contribution in [-0.4, -0.2) is 38.6 Å². The second-order valence-corrected chi connectivity index (χ2v) is 8.97. The van der Waals surface area contributed by atoms with E-state index in [4.69, 9.17) is 5.26 Å². The van der Waals surface area contributed by atoms with Crippen LogP contribution in [0.25, 0.3) is 0 Å². The molecule has 0 aliphatic carbocycles. The molecule has 146 valence electrons. The minimum absolute atomic E-state index is 0.324. The van der Waals surface area contributed by atoms with Gasteiger partial charge < -0.3 is 10.6 Å². The summed E-state index contributed by atoms with van der Waals surface area (Å²) in [4.78, 5) is 24.6. The maximum Gasteiger partial charge on any atom is 0.251 e. The number of nitrogens with zero attached hydrogens (tertiary/aromatic N) is 1. The Labute approximate surface area is 171 Å². The molecule has 0 bridgehead atoms. The summed E-state index contributed by atoms with van der Waals surface area (Å²) >= 11 is 3.28. The number of halogens is 1. The van der Waals surface area contributed by atoms with Gasteiger partial charge in [0, 0.05) is 16.6 Å². The Morgan fingerprint density at radius 2 is 1.68 bits per heavy atom. The Balaban J connectivity index is 2.17. The van der Waals surface area contributed by atoms with Crippen LogP contribution in [0, 0.1) is 11.3 Å². The van der Waals surface area contributed by atoms with Crippen LogP contribution < -0.4 is 10.6 Å². The van der Waals surface area contributed by atoms with E-state index in [1.807, 2.05) is 0 Å². The summed E-state index contributed by atoms with van der Waals surface area (Å²) in [5.41, 5.74) is 0.861. The number of benzene rings is 2. The number of hydrogen-bond donors (Lipinski definition) is 2. The highest BCUT2D eigenvalue weighted by molar-refractivity contribution is 9.10. The van der Waals surface area contributed by atoms with Crippen LogP contribution in [0.15, 0.2) is 59.1 Å². The first kappa shape index (κ1) is 21.6. The van der Waals surface area contributed by atoms with Gasteiger partial charge in [0.2, 0.25) is 5.91 Å². The van der Waals surface area contributed by atoms with Crippen LogP contribution >= 0.6 is 15.9 Å². The fourth-order valence-electron chi connectivity index (χ4n) is 2.41. The summed E-state index contributed by atoms with van der Waals surface area (Å²) in [5.74, 6) is -1.68. The molecule has 9 heteroatoms. The van der Waals surface area contributed by atoms with Crippen molar-refractivity contribution in [2.75, 3.05) is 13.1 Å². The van der Waals surface area contributed by atoms with E-state index in [2.05, 4.69) is 26.6 Å². The summed E-state index contributed by atoms with van der Waals surface area (Å²) in [6.45, 7) is -0.723. The first-order chi connectivity index (χ1) is 13.3. The molecule has 0 aliphatic heterocycles. The molecule has 28 heavy (non-hydrogen) atoms. The zero-order valence-corrected chi connectivity index (χ0v) is 17.2. The number of carbonyl (C=O) groups is 2. The van der Waals surface area contributed by atoms with E-state index < -0.39 is 33.4 Å². The van der Waals surface area contributed by atoms with Crippen molar-refractivity contribution in [2.24, 2.45) is 0 Å². The molecule has 0 aromatic heterocycles. The van der Waals surface area contributed by atoms with Gasteiger partial charge in [0.05, 0.1) is 11.8 Å². The zero-order valence-electron chi connectivity index (χ0n) is 14.8.